The van der Waals surface area contributed by atoms with Crippen molar-refractivity contribution in [3.8, 4) is 0 Å². The second-order valence-corrected chi connectivity index (χ2v) is 9.08. The summed E-state index contributed by atoms with van der Waals surface area (Å²) >= 11 is 0. The summed E-state index contributed by atoms with van der Waals surface area (Å²) in [5, 5.41) is 60.5. The van der Waals surface area contributed by atoms with Crippen LogP contribution in [0.3, 0.4) is 0 Å². The smallest absolute Gasteiger partial charge is 0.176 e. The van der Waals surface area contributed by atoms with E-state index in [2.05, 4.69) is 0 Å². The maximum Gasteiger partial charge on any atom is 0.176 e. The Labute approximate surface area is 188 Å². The van der Waals surface area contributed by atoms with Gasteiger partial charge in [-0.15, -0.1) is 0 Å². The molecule has 2 rings (SSSR count). The largest absolute Gasteiger partial charge is 0.391 e. The summed E-state index contributed by atoms with van der Waals surface area (Å²) in [6.45, 7) is 4.90. The lowest BCUT2D eigenvalue weighted by atomic mass is 9.93. The Morgan fingerprint density at radius 1 is 0.875 bits per heavy atom. The summed E-state index contributed by atoms with van der Waals surface area (Å²) in [6, 6.07) is -2.47. The maximum absolute atomic E-state index is 10.5. The minimum atomic E-state index is -1.36. The van der Waals surface area contributed by atoms with Crippen LogP contribution in [0.4, 0.5) is 0 Å². The van der Waals surface area contributed by atoms with Gasteiger partial charge in [0.25, 0.3) is 0 Å². The van der Waals surface area contributed by atoms with Gasteiger partial charge < -0.3 is 62.1 Å². The summed E-state index contributed by atoms with van der Waals surface area (Å²) in [6.07, 6.45) is -10.3. The van der Waals surface area contributed by atoms with Crippen LogP contribution < -0.4 is 17.2 Å². The summed E-state index contributed by atoms with van der Waals surface area (Å²) in [5.41, 5.74) is 18.2. The number of aliphatic hydroxyl groups excluding tert-OH is 6. The summed E-state index contributed by atoms with van der Waals surface area (Å²) in [7, 11) is 0. The lowest BCUT2D eigenvalue weighted by Crippen LogP contribution is -2.64. The molecule has 0 aromatic heterocycles. The maximum atomic E-state index is 10.5. The van der Waals surface area contributed by atoms with E-state index in [0.29, 0.717) is 6.42 Å². The van der Waals surface area contributed by atoms with Gasteiger partial charge in [0, 0.05) is 18.5 Å². The monoisotopic (exact) mass is 467 g/mol. The molecule has 0 bridgehead atoms. The van der Waals surface area contributed by atoms with Crippen molar-refractivity contribution >= 4 is 0 Å². The van der Waals surface area contributed by atoms with Crippen molar-refractivity contribution in [1.29, 1.82) is 0 Å². The third-order valence-corrected chi connectivity index (χ3v) is 6.49. The predicted molar refractivity (Wildman–Crippen MR) is 113 cm³/mol. The molecule has 2 aliphatic rings. The summed E-state index contributed by atoms with van der Waals surface area (Å²) < 4.78 is 16.9. The molecule has 0 radical (unpaired) electrons. The van der Waals surface area contributed by atoms with Crippen LogP contribution in [-0.2, 0) is 14.2 Å². The van der Waals surface area contributed by atoms with Crippen molar-refractivity contribution in [3.05, 3.63) is 0 Å². The Kier molecular flexibility index (Phi) is 10.2. The van der Waals surface area contributed by atoms with E-state index in [0.717, 1.165) is 0 Å². The van der Waals surface area contributed by atoms with Gasteiger partial charge in [0.15, 0.2) is 6.29 Å². The molecule has 2 aliphatic heterocycles. The van der Waals surface area contributed by atoms with Gasteiger partial charge in [-0.2, -0.15) is 0 Å². The molecule has 2 saturated heterocycles. The van der Waals surface area contributed by atoms with E-state index in [9.17, 15) is 30.6 Å². The van der Waals surface area contributed by atoms with Gasteiger partial charge in [-0.25, -0.2) is 0 Å². The summed E-state index contributed by atoms with van der Waals surface area (Å²) in [4.78, 5) is 0. The second-order valence-electron chi connectivity index (χ2n) is 9.08. The van der Waals surface area contributed by atoms with E-state index in [1.54, 1.807) is 6.92 Å². The van der Waals surface area contributed by atoms with Crippen LogP contribution in [0.15, 0.2) is 0 Å². The first-order valence-electron chi connectivity index (χ1n) is 11.2. The van der Waals surface area contributed by atoms with Crippen molar-refractivity contribution in [2.24, 2.45) is 17.2 Å². The molecule has 32 heavy (non-hydrogen) atoms. The molecule has 12 heteroatoms. The van der Waals surface area contributed by atoms with Crippen LogP contribution in [-0.4, -0.2) is 116 Å². The van der Waals surface area contributed by atoms with Gasteiger partial charge in [-0.1, -0.05) is 6.92 Å². The lowest BCUT2D eigenvalue weighted by Gasteiger charge is -2.43. The quantitative estimate of drug-likeness (QED) is 0.151. The Morgan fingerprint density at radius 3 is 2.00 bits per heavy atom. The first-order valence-corrected chi connectivity index (χ1v) is 11.2. The molecule has 2 heterocycles. The normalized spacial score (nSPS) is 42.9. The number of rotatable bonds is 10. The molecule has 12 nitrogen and oxygen atoms in total. The molecule has 11 unspecified atom stereocenters. The van der Waals surface area contributed by atoms with E-state index in [-0.39, 0.29) is 12.8 Å². The van der Waals surface area contributed by atoms with E-state index < -0.39 is 85.5 Å². The van der Waals surface area contributed by atoms with Crippen LogP contribution in [0, 0.1) is 0 Å². The van der Waals surface area contributed by atoms with Gasteiger partial charge in [0.2, 0.25) is 0 Å². The second kappa shape index (κ2) is 11.8. The molecule has 12 N–H and O–H groups in total. The van der Waals surface area contributed by atoms with Gasteiger partial charge >= 0.3 is 0 Å². The third kappa shape index (κ3) is 6.34. The predicted octanol–water partition coefficient (Wildman–Crippen LogP) is -3.76. The van der Waals surface area contributed by atoms with Crippen molar-refractivity contribution in [2.45, 2.75) is 125 Å². The van der Waals surface area contributed by atoms with Gasteiger partial charge in [-0.05, 0) is 26.7 Å². The van der Waals surface area contributed by atoms with E-state index in [1.807, 2.05) is 6.92 Å². The molecule has 190 valence electrons. The molecular formula is C20H41N3O9. The zero-order valence-corrected chi connectivity index (χ0v) is 18.8. The van der Waals surface area contributed by atoms with Crippen molar-refractivity contribution in [2.75, 3.05) is 0 Å². The molecule has 14 atom stereocenters. The fourth-order valence-electron chi connectivity index (χ4n) is 4.18. The van der Waals surface area contributed by atoms with Crippen LogP contribution in [0.2, 0.25) is 0 Å². The van der Waals surface area contributed by atoms with E-state index >= 15 is 0 Å². The van der Waals surface area contributed by atoms with Gasteiger partial charge in [0.05, 0.1) is 36.6 Å². The Bertz CT molecular complexity index is 574. The Morgan fingerprint density at radius 2 is 1.47 bits per heavy atom. The molecule has 0 saturated carbocycles. The Balaban J connectivity index is 1.87. The molecular weight excluding hydrogens is 426 g/mol. The molecule has 0 spiro atoms. The van der Waals surface area contributed by atoms with E-state index in [1.165, 1.54) is 6.92 Å². The number of nitrogens with two attached hydrogens (primary N) is 3. The van der Waals surface area contributed by atoms with Crippen LogP contribution in [0.5, 0.6) is 0 Å². The highest BCUT2D eigenvalue weighted by molar-refractivity contribution is 4.95. The molecule has 0 aromatic carbocycles. The first-order chi connectivity index (χ1) is 14.9. The number of hydrogen-bond donors (Lipinski definition) is 9. The molecule has 2 fully saturated rings. The van der Waals surface area contributed by atoms with Crippen molar-refractivity contribution < 1.29 is 44.8 Å². The van der Waals surface area contributed by atoms with Crippen LogP contribution in [0.25, 0.3) is 0 Å². The average Bonchev–Trinajstić information content (AvgIpc) is 3.01. The number of hydrogen-bond acceptors (Lipinski definition) is 12. The fourth-order valence-corrected chi connectivity index (χ4v) is 4.18. The van der Waals surface area contributed by atoms with Crippen molar-refractivity contribution in [3.63, 3.8) is 0 Å². The van der Waals surface area contributed by atoms with E-state index in [4.69, 9.17) is 31.4 Å². The topological polar surface area (TPSA) is 227 Å². The zero-order chi connectivity index (χ0) is 24.3. The molecule has 0 aliphatic carbocycles. The minimum Gasteiger partial charge on any atom is -0.391 e. The van der Waals surface area contributed by atoms with Gasteiger partial charge in [0.1, 0.15) is 30.5 Å². The highest BCUT2D eigenvalue weighted by Crippen LogP contribution is 2.28. The summed E-state index contributed by atoms with van der Waals surface area (Å²) in [5.74, 6) is 0. The lowest BCUT2D eigenvalue weighted by molar-refractivity contribution is -0.286. The SMILES string of the molecule is CCC1OC(C[C@H](O)C(N)CC(N)[C@H](C)OC2OC([C@@H](C)O)C(O)C(O)C2N)C(O)C1O. The van der Waals surface area contributed by atoms with Gasteiger partial charge in [-0.3, -0.25) is 0 Å². The standard InChI is InChI=1S/C20H41N3O9/c1-4-12-15(26)16(27)13(31-12)6-11(25)10(22)5-9(21)8(3)30-20-14(23)17(28)18(29)19(32-20)7(2)24/h7-20,24-29H,4-6,21-23H2,1-3H3/t7-,8+,9?,10?,11+,12?,13?,14?,15?,16?,17?,18?,19?,20?/m1/s1. The zero-order valence-electron chi connectivity index (χ0n) is 18.8. The highest BCUT2D eigenvalue weighted by Gasteiger charge is 2.46. The Hall–Kier alpha value is -0.480. The third-order valence-electron chi connectivity index (χ3n) is 6.49. The van der Waals surface area contributed by atoms with Crippen LogP contribution in [0.1, 0.15) is 40.0 Å². The molecule has 0 aromatic rings. The minimum absolute atomic E-state index is 0.0363. The van der Waals surface area contributed by atoms with Crippen molar-refractivity contribution in [1.82, 2.24) is 0 Å². The first kappa shape index (κ1) is 27.8. The van der Waals surface area contributed by atoms with Crippen LogP contribution >= 0.6 is 0 Å². The highest BCUT2D eigenvalue weighted by atomic mass is 16.7. The molecule has 0 amide bonds. The fraction of sp³-hybridized carbons (Fsp3) is 1.00. The number of aliphatic hydroxyl groups is 6. The number of ether oxygens (including phenoxy) is 3. The average molecular weight is 468 g/mol.